The minimum Gasteiger partial charge on any atom is -0.504 e. The third-order valence-electron chi connectivity index (χ3n) is 7.50. The molecule has 1 N–H and O–H groups in total. The molecule has 0 unspecified atom stereocenters. The molecule has 0 aliphatic heterocycles. The molecule has 0 bridgehead atoms. The molecule has 44 heavy (non-hydrogen) atoms. The van der Waals surface area contributed by atoms with Gasteiger partial charge in [-0.2, -0.15) is 0 Å². The molecule has 5 rings (SSSR count). The zero-order valence-corrected chi connectivity index (χ0v) is 25.7. The van der Waals surface area contributed by atoms with E-state index >= 15 is 0 Å². The van der Waals surface area contributed by atoms with Crippen LogP contribution in [0.1, 0.15) is 10.5 Å². The monoisotopic (exact) mass is 603 g/mol. The fourth-order valence-electron chi connectivity index (χ4n) is 5.56. The van der Waals surface area contributed by atoms with E-state index in [4.69, 9.17) is 37.9 Å². The number of carbonyl (C=O) groups is 1. The fourth-order valence-corrected chi connectivity index (χ4v) is 5.56. The first-order valence-corrected chi connectivity index (χ1v) is 13.4. The fraction of sp³-hybridized carbons (Fsp3) is 0.242. The number of esters is 1. The highest BCUT2D eigenvalue weighted by Crippen LogP contribution is 2.51. The number of phenolic OH excluding ortho intramolecular Hbond substituents is 1. The van der Waals surface area contributed by atoms with Crippen LogP contribution < -0.4 is 33.2 Å². The molecule has 0 fully saturated rings. The molecule has 0 radical (unpaired) electrons. The van der Waals surface area contributed by atoms with Crippen molar-refractivity contribution in [3.8, 4) is 68.2 Å². The van der Waals surface area contributed by atoms with Crippen LogP contribution in [0, 0.1) is 0 Å². The van der Waals surface area contributed by atoms with Crippen molar-refractivity contribution in [1.82, 2.24) is 4.40 Å². The minimum atomic E-state index is -0.590. The van der Waals surface area contributed by atoms with Gasteiger partial charge in [-0.05, 0) is 59.0 Å². The molecular formula is C33H33NO10. The molecule has 11 nitrogen and oxygen atoms in total. The molecule has 3 aromatic carbocycles. The number of fused-ring (bicyclic) bond motifs is 3. The van der Waals surface area contributed by atoms with Gasteiger partial charge in [0, 0.05) is 22.7 Å². The lowest BCUT2D eigenvalue weighted by Crippen LogP contribution is -2.07. The Bertz CT molecular complexity index is 1840. The Balaban J connectivity index is 2.08. The van der Waals surface area contributed by atoms with Crippen LogP contribution in [0.25, 0.3) is 38.5 Å². The second kappa shape index (κ2) is 12.0. The molecule has 5 aromatic rings. The Morgan fingerprint density at radius 1 is 0.614 bits per heavy atom. The number of benzene rings is 3. The number of aromatic hydroxyl groups is 1. The predicted octanol–water partition coefficient (Wildman–Crippen LogP) is 5.98. The van der Waals surface area contributed by atoms with Crippen LogP contribution in [0.3, 0.4) is 0 Å². The first-order chi connectivity index (χ1) is 21.3. The predicted molar refractivity (Wildman–Crippen MR) is 165 cm³/mol. The van der Waals surface area contributed by atoms with Crippen LogP contribution >= 0.6 is 0 Å². The highest BCUT2D eigenvalue weighted by molar-refractivity contribution is 6.15. The van der Waals surface area contributed by atoms with Crippen LogP contribution in [0.15, 0.2) is 48.7 Å². The Morgan fingerprint density at radius 3 is 1.52 bits per heavy atom. The molecule has 0 aliphatic rings. The van der Waals surface area contributed by atoms with Crippen molar-refractivity contribution in [2.75, 3.05) is 56.9 Å². The first kappa shape index (κ1) is 30.0. The number of hydrogen-bond donors (Lipinski definition) is 1. The zero-order chi connectivity index (χ0) is 31.7. The van der Waals surface area contributed by atoms with Crippen molar-refractivity contribution >= 4 is 22.3 Å². The number of aromatic nitrogens is 1. The number of pyridine rings is 1. The van der Waals surface area contributed by atoms with Gasteiger partial charge < -0.3 is 47.4 Å². The SMILES string of the molecule is COC(=O)c1c(-c2cc(OC)c(OC)c(OC)c2)c(-c2cc(OC)c(OC)c(OC)c2)c2c3cc(OC)c(O)cc3ccn12. The topological polar surface area (TPSA) is 116 Å². The summed E-state index contributed by atoms with van der Waals surface area (Å²) < 4.78 is 46.5. The molecule has 0 spiro atoms. The van der Waals surface area contributed by atoms with Gasteiger partial charge in [0.2, 0.25) is 11.5 Å². The average Bonchev–Trinajstić information content (AvgIpc) is 3.41. The van der Waals surface area contributed by atoms with E-state index in [1.807, 2.05) is 0 Å². The Kier molecular flexibility index (Phi) is 8.21. The number of carbonyl (C=O) groups excluding carboxylic acids is 1. The molecule has 0 amide bonds. The molecular weight excluding hydrogens is 570 g/mol. The summed E-state index contributed by atoms with van der Waals surface area (Å²) in [6, 6.07) is 12.3. The summed E-state index contributed by atoms with van der Waals surface area (Å²) in [7, 11) is 11.9. The van der Waals surface area contributed by atoms with Crippen LogP contribution in [0.4, 0.5) is 0 Å². The first-order valence-electron chi connectivity index (χ1n) is 13.4. The highest BCUT2D eigenvalue weighted by atomic mass is 16.5. The normalized spacial score (nSPS) is 10.9. The summed E-state index contributed by atoms with van der Waals surface area (Å²) in [6.45, 7) is 0. The van der Waals surface area contributed by atoms with E-state index in [9.17, 15) is 9.90 Å². The van der Waals surface area contributed by atoms with E-state index in [0.717, 1.165) is 0 Å². The van der Waals surface area contributed by atoms with Gasteiger partial charge in [0.05, 0.1) is 62.4 Å². The third-order valence-corrected chi connectivity index (χ3v) is 7.50. The van der Waals surface area contributed by atoms with E-state index in [1.54, 1.807) is 53.1 Å². The van der Waals surface area contributed by atoms with Crippen molar-refractivity contribution in [3.05, 3.63) is 54.4 Å². The number of rotatable bonds is 10. The Hall–Kier alpha value is -5.45. The van der Waals surface area contributed by atoms with E-state index < -0.39 is 5.97 Å². The summed E-state index contributed by atoms with van der Waals surface area (Å²) >= 11 is 0. The van der Waals surface area contributed by atoms with Gasteiger partial charge >= 0.3 is 5.97 Å². The van der Waals surface area contributed by atoms with Gasteiger partial charge in [-0.25, -0.2) is 4.79 Å². The minimum absolute atomic E-state index is 0.0247. The van der Waals surface area contributed by atoms with Gasteiger partial charge in [0.15, 0.2) is 34.5 Å². The second-order valence-corrected chi connectivity index (χ2v) is 9.56. The van der Waals surface area contributed by atoms with E-state index in [-0.39, 0.29) is 17.2 Å². The number of nitrogens with zero attached hydrogens (tertiary/aromatic N) is 1. The van der Waals surface area contributed by atoms with Gasteiger partial charge in [0.1, 0.15) is 5.69 Å². The maximum Gasteiger partial charge on any atom is 0.355 e. The lowest BCUT2D eigenvalue weighted by molar-refractivity contribution is 0.0594. The maximum absolute atomic E-state index is 13.7. The van der Waals surface area contributed by atoms with Crippen LogP contribution in [-0.4, -0.2) is 72.4 Å². The molecule has 0 aliphatic carbocycles. The highest BCUT2D eigenvalue weighted by Gasteiger charge is 2.30. The summed E-state index contributed by atoms with van der Waals surface area (Å²) in [6.07, 6.45) is 1.75. The lowest BCUT2D eigenvalue weighted by atomic mass is 9.93. The van der Waals surface area contributed by atoms with Crippen LogP contribution in [-0.2, 0) is 4.74 Å². The molecule has 0 saturated heterocycles. The Labute approximate surface area is 253 Å². The zero-order valence-electron chi connectivity index (χ0n) is 25.7. The smallest absolute Gasteiger partial charge is 0.355 e. The molecule has 11 heteroatoms. The molecule has 2 aromatic heterocycles. The quantitative estimate of drug-likeness (QED) is 0.191. The van der Waals surface area contributed by atoms with Crippen molar-refractivity contribution in [3.63, 3.8) is 0 Å². The Morgan fingerprint density at radius 2 is 1.09 bits per heavy atom. The number of phenols is 1. The summed E-state index contributed by atoms with van der Waals surface area (Å²) in [4.78, 5) is 13.7. The van der Waals surface area contributed by atoms with Crippen molar-refractivity contribution in [1.29, 1.82) is 0 Å². The largest absolute Gasteiger partial charge is 0.504 e. The average molecular weight is 604 g/mol. The molecule has 0 atom stereocenters. The van der Waals surface area contributed by atoms with Gasteiger partial charge in [-0.15, -0.1) is 0 Å². The molecule has 0 saturated carbocycles. The molecule has 2 heterocycles. The van der Waals surface area contributed by atoms with Crippen LogP contribution in [0.5, 0.6) is 46.0 Å². The summed E-state index contributed by atoms with van der Waals surface area (Å²) in [5.41, 5.74) is 3.19. The lowest BCUT2D eigenvalue weighted by Gasteiger charge is -2.17. The van der Waals surface area contributed by atoms with Crippen LogP contribution in [0.2, 0.25) is 0 Å². The maximum atomic E-state index is 13.7. The summed E-state index contributed by atoms with van der Waals surface area (Å²) in [5, 5.41) is 12.0. The van der Waals surface area contributed by atoms with Crippen molar-refractivity contribution in [2.24, 2.45) is 0 Å². The third kappa shape index (κ3) is 4.66. The van der Waals surface area contributed by atoms with E-state index in [0.29, 0.717) is 73.0 Å². The van der Waals surface area contributed by atoms with E-state index in [1.165, 1.54) is 56.9 Å². The van der Waals surface area contributed by atoms with Gasteiger partial charge in [-0.3, -0.25) is 0 Å². The van der Waals surface area contributed by atoms with E-state index in [2.05, 4.69) is 0 Å². The molecule has 230 valence electrons. The van der Waals surface area contributed by atoms with Crippen molar-refractivity contribution < 1.29 is 47.8 Å². The van der Waals surface area contributed by atoms with Crippen molar-refractivity contribution in [2.45, 2.75) is 0 Å². The van der Waals surface area contributed by atoms with Gasteiger partial charge in [0.25, 0.3) is 0 Å². The number of methoxy groups -OCH3 is 8. The second-order valence-electron chi connectivity index (χ2n) is 9.56. The number of ether oxygens (including phenoxy) is 8. The summed E-state index contributed by atoms with van der Waals surface area (Å²) in [5.74, 6) is 2.04. The number of hydrogen-bond acceptors (Lipinski definition) is 10. The standard InChI is InChI=1S/C33H33NO10/c1-37-22-16-20-17(11-21(22)35)9-10-34-29(20)27(18-12-23(38-2)31(42-6)24(13-18)39-3)28(30(34)33(36)44-8)19-14-25(40-4)32(43-7)26(15-19)41-5/h9-16,35H,1-8H3. The van der Waals surface area contributed by atoms with Gasteiger partial charge in [-0.1, -0.05) is 0 Å².